The van der Waals surface area contributed by atoms with Gasteiger partial charge in [-0.05, 0) is 70.8 Å². The van der Waals surface area contributed by atoms with Crippen molar-refractivity contribution < 1.29 is 4.42 Å². The molecule has 11 rings (SSSR count). The lowest BCUT2D eigenvalue weighted by Crippen LogP contribution is -2.55. The van der Waals surface area contributed by atoms with Crippen molar-refractivity contribution in [3.05, 3.63) is 164 Å². The largest absolute Gasteiger partial charge is 0.455 e. The molecule has 0 N–H and O–H groups in total. The van der Waals surface area contributed by atoms with E-state index in [1.165, 1.54) is 60.2 Å². The highest BCUT2D eigenvalue weighted by Gasteiger charge is 2.20. The highest BCUT2D eigenvalue weighted by molar-refractivity contribution is 6.68. The Kier molecular flexibility index (Phi) is 8.71. The smallest absolute Gasteiger partial charge is 0.167 e. The van der Waals surface area contributed by atoms with E-state index in [0.29, 0.717) is 17.5 Å². The molecule has 0 bridgehead atoms. The fourth-order valence-electron chi connectivity index (χ4n) is 9.22. The van der Waals surface area contributed by atoms with Crippen LogP contribution in [0.1, 0.15) is 0 Å². The molecule has 3 heterocycles. The van der Waals surface area contributed by atoms with Gasteiger partial charge in [-0.25, -0.2) is 15.0 Å². The Morgan fingerprint density at radius 2 is 0.918 bits per heavy atom. The molecular weight excluding hydrogens is 739 g/mol. The predicted molar refractivity (Wildman–Crippen MR) is 270 cm³/mol. The third-order valence-electron chi connectivity index (χ3n) is 12.9. The molecule has 0 amide bonds. The average Bonchev–Trinajstić information content (AvgIpc) is 3.86. The fourth-order valence-corrected chi connectivity index (χ4v) is 9.22. The van der Waals surface area contributed by atoms with Crippen molar-refractivity contribution in [3.63, 3.8) is 0 Å². The Hall–Kier alpha value is -7.31. The van der Waals surface area contributed by atoms with Gasteiger partial charge in [0.05, 0.1) is 16.6 Å². The van der Waals surface area contributed by atoms with E-state index in [2.05, 4.69) is 171 Å². The van der Waals surface area contributed by atoms with E-state index < -0.39 is 0 Å². The van der Waals surface area contributed by atoms with Crippen LogP contribution in [-0.4, -0.2) is 58.8 Å². The quantitative estimate of drug-likeness (QED) is 0.234. The zero-order valence-electron chi connectivity index (χ0n) is 34.8. The minimum Gasteiger partial charge on any atom is -0.455 e. The van der Waals surface area contributed by atoms with Crippen molar-refractivity contribution in [1.29, 1.82) is 0 Å². The zero-order chi connectivity index (χ0) is 41.4. The third kappa shape index (κ3) is 6.04. The number of aromatic nitrogens is 4. The molecule has 282 valence electrons. The Labute approximate surface area is 358 Å². The molecule has 10 heteroatoms. The number of para-hydroxylation sites is 3. The third-order valence-corrected chi connectivity index (χ3v) is 12.9. The molecule has 11 aromatic rings. The predicted octanol–water partition coefficient (Wildman–Crippen LogP) is 4.50. The molecule has 0 saturated carbocycles. The van der Waals surface area contributed by atoms with Gasteiger partial charge in [0.15, 0.2) is 17.5 Å². The van der Waals surface area contributed by atoms with Crippen LogP contribution in [-0.2, 0) is 0 Å². The molecule has 0 aliphatic heterocycles. The second kappa shape index (κ2) is 14.5. The van der Waals surface area contributed by atoms with Gasteiger partial charge in [0.1, 0.15) is 50.4 Å². The zero-order valence-corrected chi connectivity index (χ0v) is 34.8. The molecule has 0 saturated heterocycles. The lowest BCUT2D eigenvalue weighted by atomic mass is 9.59. The van der Waals surface area contributed by atoms with Crippen LogP contribution in [0.5, 0.6) is 0 Å². The summed E-state index contributed by atoms with van der Waals surface area (Å²) >= 11 is 0. The number of furan rings is 1. The molecule has 61 heavy (non-hydrogen) atoms. The van der Waals surface area contributed by atoms with Gasteiger partial charge >= 0.3 is 0 Å². The summed E-state index contributed by atoms with van der Waals surface area (Å²) in [5.74, 6) is 1.79. The van der Waals surface area contributed by atoms with Crippen molar-refractivity contribution in [1.82, 2.24) is 19.5 Å². The van der Waals surface area contributed by atoms with E-state index in [4.69, 9.17) is 19.4 Å². The second-order valence-electron chi connectivity index (χ2n) is 16.2. The molecule has 8 aromatic carbocycles. The maximum atomic E-state index is 6.82. The summed E-state index contributed by atoms with van der Waals surface area (Å²) in [5.41, 5.74) is 19.1. The average molecular weight is 776 g/mol. The van der Waals surface area contributed by atoms with Crippen LogP contribution in [0.2, 0.25) is 0 Å². The summed E-state index contributed by atoms with van der Waals surface area (Å²) in [6.45, 7) is 0. The summed E-state index contributed by atoms with van der Waals surface area (Å²) in [4.78, 5) is 15.3. The Balaban J connectivity index is 1.02. The van der Waals surface area contributed by atoms with Gasteiger partial charge in [-0.2, -0.15) is 0 Å². The standard InChI is InChI=1S/C51H37B5N4O/c52-43-42(44(53)46(55)47(56)45(43)54)28-18-20-30(21-19-28)50-57-49(29-10-3-1-4-11-29)58-51(59-50)37-16-9-15-36-35-24-22-32(27-41(35)61-48(36)37)31-23-25-40-38(26-31)34-14-7-8-17-39(34)60(40)33-12-5-2-6-13-33/h1-27H,52-56H2. The normalized spacial score (nSPS) is 11.6. The van der Waals surface area contributed by atoms with Gasteiger partial charge in [-0.15, -0.1) is 16.4 Å². The van der Waals surface area contributed by atoms with Crippen LogP contribution in [0.25, 0.3) is 106 Å². The van der Waals surface area contributed by atoms with Crippen LogP contribution < -0.4 is 27.3 Å². The van der Waals surface area contributed by atoms with Crippen LogP contribution >= 0.6 is 0 Å². The molecule has 0 aliphatic carbocycles. The van der Waals surface area contributed by atoms with Gasteiger partial charge in [-0.3, -0.25) is 0 Å². The highest BCUT2D eigenvalue weighted by atomic mass is 16.3. The number of fused-ring (bicyclic) bond motifs is 6. The molecule has 0 aliphatic rings. The maximum absolute atomic E-state index is 6.82. The van der Waals surface area contributed by atoms with E-state index >= 15 is 0 Å². The van der Waals surface area contributed by atoms with E-state index in [0.717, 1.165) is 55.4 Å². The van der Waals surface area contributed by atoms with Crippen molar-refractivity contribution in [3.8, 4) is 62.1 Å². The molecule has 0 unspecified atom stereocenters. The molecule has 0 fully saturated rings. The van der Waals surface area contributed by atoms with E-state index in [-0.39, 0.29) is 0 Å². The van der Waals surface area contributed by atoms with E-state index in [1.54, 1.807) is 0 Å². The second-order valence-corrected chi connectivity index (χ2v) is 16.2. The Morgan fingerprint density at radius 1 is 0.377 bits per heavy atom. The fraction of sp³-hybridized carbons (Fsp3) is 0. The number of nitrogens with zero attached hydrogens (tertiary/aromatic N) is 4. The minimum absolute atomic E-state index is 0.564. The topological polar surface area (TPSA) is 56.7 Å². The number of hydrogen-bond donors (Lipinski definition) is 0. The first kappa shape index (κ1) is 36.8. The number of hydrogen-bond acceptors (Lipinski definition) is 4. The monoisotopic (exact) mass is 776 g/mol. The van der Waals surface area contributed by atoms with Gasteiger partial charge in [0, 0.05) is 38.4 Å². The Morgan fingerprint density at radius 3 is 1.66 bits per heavy atom. The number of benzene rings is 8. The van der Waals surface area contributed by atoms with Crippen LogP contribution in [0.3, 0.4) is 0 Å². The number of rotatable bonds is 6. The van der Waals surface area contributed by atoms with E-state index in [9.17, 15) is 0 Å². The first-order valence-electron chi connectivity index (χ1n) is 20.9. The van der Waals surface area contributed by atoms with Crippen molar-refractivity contribution in [2.24, 2.45) is 0 Å². The van der Waals surface area contributed by atoms with Crippen molar-refractivity contribution >= 4 is 110 Å². The summed E-state index contributed by atoms with van der Waals surface area (Å²) < 4.78 is 9.17. The Bertz CT molecular complexity index is 3500. The summed E-state index contributed by atoms with van der Waals surface area (Å²) in [5, 5.41) is 4.50. The minimum atomic E-state index is 0.564. The summed E-state index contributed by atoms with van der Waals surface area (Å²) in [6.07, 6.45) is 0. The first-order valence-corrected chi connectivity index (χ1v) is 20.9. The van der Waals surface area contributed by atoms with Crippen LogP contribution in [0.15, 0.2) is 168 Å². The first-order chi connectivity index (χ1) is 29.8. The maximum Gasteiger partial charge on any atom is 0.167 e. The SMILES string of the molecule is Bc1c(B)c(B)c(-c2ccc(-c3nc(-c4ccccc4)nc(-c4cccc5c4oc4cc(-c6ccc7c(c6)c6ccccc6n7-c6ccccc6)ccc45)n3)cc2)c(B)c1B. The molecule has 3 aromatic heterocycles. The molecule has 5 nitrogen and oxygen atoms in total. The highest BCUT2D eigenvalue weighted by Crippen LogP contribution is 2.39. The van der Waals surface area contributed by atoms with E-state index in [1.807, 2.05) is 36.4 Å². The van der Waals surface area contributed by atoms with Crippen molar-refractivity contribution in [2.75, 3.05) is 0 Å². The van der Waals surface area contributed by atoms with Crippen molar-refractivity contribution in [2.45, 2.75) is 0 Å². The van der Waals surface area contributed by atoms with Crippen LogP contribution in [0, 0.1) is 0 Å². The van der Waals surface area contributed by atoms with Gasteiger partial charge in [0.2, 0.25) is 0 Å². The van der Waals surface area contributed by atoms with Gasteiger partial charge in [0.25, 0.3) is 0 Å². The lowest BCUT2D eigenvalue weighted by molar-refractivity contribution is 0.669. The van der Waals surface area contributed by atoms with Gasteiger partial charge < -0.3 is 8.98 Å². The van der Waals surface area contributed by atoms with Crippen LogP contribution in [0.4, 0.5) is 0 Å². The lowest BCUT2D eigenvalue weighted by Gasteiger charge is -2.20. The molecule has 0 radical (unpaired) electrons. The molecular formula is C51H37B5N4O. The summed E-state index contributed by atoms with van der Waals surface area (Å²) in [7, 11) is 11.1. The molecule has 0 spiro atoms. The molecule has 0 atom stereocenters. The van der Waals surface area contributed by atoms with Gasteiger partial charge in [-0.1, -0.05) is 126 Å². The summed E-state index contributed by atoms with van der Waals surface area (Å²) in [6, 6.07) is 57.5.